The van der Waals surface area contributed by atoms with Crippen LogP contribution >= 0.6 is 0 Å². The topological polar surface area (TPSA) is 101 Å². The molecular weight excluding hydrogens is 493 g/mol. The van der Waals surface area contributed by atoms with E-state index in [2.05, 4.69) is 15.1 Å². The number of esters is 1. The molecule has 0 saturated carbocycles. The molecule has 0 radical (unpaired) electrons. The second-order valence-electron chi connectivity index (χ2n) is 8.44. The van der Waals surface area contributed by atoms with Gasteiger partial charge in [0.2, 0.25) is 34.8 Å². The molecule has 13 heteroatoms. The third-order valence-electron chi connectivity index (χ3n) is 4.64. The Kier molecular flexibility index (Phi) is 7.22. The Balaban J connectivity index is 1.84. The van der Waals surface area contributed by atoms with Gasteiger partial charge in [0.05, 0.1) is 0 Å². The highest BCUT2D eigenvalue weighted by Crippen LogP contribution is 2.30. The number of nitrogens with zero attached hydrogens (tertiary/aromatic N) is 1. The Morgan fingerprint density at radius 3 is 2.08 bits per heavy atom. The summed E-state index contributed by atoms with van der Waals surface area (Å²) >= 11 is 0. The van der Waals surface area contributed by atoms with E-state index >= 15 is 0 Å². The lowest BCUT2D eigenvalue weighted by Gasteiger charge is -2.25. The first-order valence-electron chi connectivity index (χ1n) is 10.4. The van der Waals surface area contributed by atoms with Crippen LogP contribution in [0.5, 0.6) is 5.75 Å². The van der Waals surface area contributed by atoms with E-state index in [1.54, 1.807) is 27.7 Å². The Hall–Kier alpha value is -4.16. The fourth-order valence-corrected chi connectivity index (χ4v) is 3.04. The number of rotatable bonds is 4. The number of hydrogen-bond donors (Lipinski definition) is 2. The van der Waals surface area contributed by atoms with Gasteiger partial charge in [-0.2, -0.15) is 8.78 Å². The summed E-state index contributed by atoms with van der Waals surface area (Å²) < 4.78 is 77.1. The zero-order valence-corrected chi connectivity index (χ0v) is 19.4. The number of hydrazine groups is 1. The van der Waals surface area contributed by atoms with Crippen LogP contribution in [-0.2, 0) is 4.74 Å². The zero-order chi connectivity index (χ0) is 26.9. The Labute approximate surface area is 200 Å². The van der Waals surface area contributed by atoms with Gasteiger partial charge < -0.3 is 14.5 Å². The molecule has 3 rings (SSSR count). The van der Waals surface area contributed by atoms with E-state index in [1.807, 2.05) is 0 Å². The van der Waals surface area contributed by atoms with Gasteiger partial charge in [0, 0.05) is 23.0 Å². The lowest BCUT2D eigenvalue weighted by molar-refractivity contribution is 0.0303. The number of fused-ring (bicyclic) bond motifs is 1. The number of nitrogens with one attached hydrogen (secondary N) is 2. The van der Waals surface area contributed by atoms with Crippen molar-refractivity contribution in [2.75, 3.05) is 6.54 Å². The molecule has 0 aliphatic heterocycles. The van der Waals surface area contributed by atoms with E-state index in [9.17, 15) is 36.3 Å². The van der Waals surface area contributed by atoms with E-state index in [-0.39, 0.29) is 17.5 Å². The minimum absolute atomic E-state index is 0.0861. The molecule has 0 fully saturated rings. The summed E-state index contributed by atoms with van der Waals surface area (Å²) in [6.45, 7) is 6.65. The summed E-state index contributed by atoms with van der Waals surface area (Å²) in [6, 6.07) is 5.28. The van der Waals surface area contributed by atoms with Gasteiger partial charge in [0.15, 0.2) is 0 Å². The minimum atomic E-state index is -2.39. The van der Waals surface area contributed by atoms with Crippen LogP contribution in [0.25, 0.3) is 10.9 Å². The van der Waals surface area contributed by atoms with Crippen molar-refractivity contribution in [3.63, 3.8) is 0 Å². The molecule has 0 aliphatic carbocycles. The van der Waals surface area contributed by atoms with Crippen molar-refractivity contribution in [2.24, 2.45) is 0 Å². The fraction of sp³-hybridized carbons (Fsp3) is 0.261. The molecule has 8 nitrogen and oxygen atoms in total. The molecule has 0 unspecified atom stereocenters. The van der Waals surface area contributed by atoms with Gasteiger partial charge >= 0.3 is 12.1 Å². The SMILES string of the molecule is CCN(NC(=O)OC(C)(C)C)C(=O)c1ccc2[nH]c(C(=O)Oc3c(F)c(F)c(F)c(F)c3F)cc2c1. The predicted octanol–water partition coefficient (Wildman–Crippen LogP) is 4.98. The van der Waals surface area contributed by atoms with E-state index in [0.29, 0.717) is 5.52 Å². The van der Waals surface area contributed by atoms with Gasteiger partial charge in [-0.25, -0.2) is 33.2 Å². The minimum Gasteiger partial charge on any atom is -0.443 e. The molecule has 2 N–H and O–H groups in total. The predicted molar refractivity (Wildman–Crippen MR) is 116 cm³/mol. The van der Waals surface area contributed by atoms with Crippen molar-refractivity contribution < 1.29 is 45.8 Å². The molecule has 2 amide bonds. The molecule has 192 valence electrons. The van der Waals surface area contributed by atoms with Gasteiger partial charge in [0.1, 0.15) is 11.3 Å². The maximum absolute atomic E-state index is 13.8. The van der Waals surface area contributed by atoms with Crippen LogP contribution in [0.1, 0.15) is 48.5 Å². The van der Waals surface area contributed by atoms with Gasteiger partial charge in [0.25, 0.3) is 5.91 Å². The number of carbonyl (C=O) groups excluding carboxylic acids is 3. The standard InChI is InChI=1S/C23H20F5N3O5/c1-5-31(30-22(34)36-23(2,3)4)20(32)10-6-7-12-11(8-10)9-13(29-12)21(33)35-19-17(27)15(25)14(24)16(26)18(19)28/h6-9,29H,5H2,1-4H3,(H,30,34). The number of ether oxygens (including phenoxy) is 2. The number of benzene rings is 2. The second kappa shape index (κ2) is 9.84. The van der Waals surface area contributed by atoms with Crippen LogP contribution in [-0.4, -0.2) is 40.1 Å². The summed E-state index contributed by atoms with van der Waals surface area (Å²) in [5.74, 6) is -15.3. The van der Waals surface area contributed by atoms with Gasteiger partial charge in [-0.05, 0) is 52.0 Å². The number of hydrogen-bond acceptors (Lipinski definition) is 5. The smallest absolute Gasteiger partial charge is 0.426 e. The van der Waals surface area contributed by atoms with Crippen molar-refractivity contribution in [3.05, 3.63) is 64.6 Å². The summed E-state index contributed by atoms with van der Waals surface area (Å²) in [6.07, 6.45) is -0.849. The van der Waals surface area contributed by atoms with E-state index < -0.39 is 64.1 Å². The molecule has 1 aromatic heterocycles. The quantitative estimate of drug-likeness (QED) is 0.128. The normalized spacial score (nSPS) is 11.4. The molecule has 0 atom stereocenters. The highest BCUT2D eigenvalue weighted by molar-refractivity contribution is 6.01. The van der Waals surface area contributed by atoms with Crippen LogP contribution in [0.4, 0.5) is 26.7 Å². The third-order valence-corrected chi connectivity index (χ3v) is 4.64. The Morgan fingerprint density at radius 1 is 0.944 bits per heavy atom. The number of carbonyl (C=O) groups is 3. The lowest BCUT2D eigenvalue weighted by atomic mass is 10.1. The molecule has 36 heavy (non-hydrogen) atoms. The highest BCUT2D eigenvalue weighted by Gasteiger charge is 2.29. The summed E-state index contributed by atoms with van der Waals surface area (Å²) in [7, 11) is 0. The van der Waals surface area contributed by atoms with E-state index in [4.69, 9.17) is 4.74 Å². The first-order valence-corrected chi connectivity index (χ1v) is 10.4. The molecule has 3 aromatic rings. The summed E-state index contributed by atoms with van der Waals surface area (Å²) in [5.41, 5.74) is 1.53. The van der Waals surface area contributed by atoms with Crippen molar-refractivity contribution >= 4 is 28.9 Å². The van der Waals surface area contributed by atoms with Crippen molar-refractivity contribution in [2.45, 2.75) is 33.3 Å². The largest absolute Gasteiger partial charge is 0.443 e. The number of aromatic amines is 1. The van der Waals surface area contributed by atoms with Crippen LogP contribution < -0.4 is 10.2 Å². The number of H-pyrrole nitrogens is 1. The Morgan fingerprint density at radius 2 is 1.53 bits per heavy atom. The van der Waals surface area contributed by atoms with Crippen molar-refractivity contribution in [1.29, 1.82) is 0 Å². The van der Waals surface area contributed by atoms with E-state index in [1.165, 1.54) is 18.2 Å². The van der Waals surface area contributed by atoms with Crippen LogP contribution in [0, 0.1) is 29.1 Å². The monoisotopic (exact) mass is 513 g/mol. The molecule has 0 spiro atoms. The Bertz CT molecular complexity index is 1340. The summed E-state index contributed by atoms with van der Waals surface area (Å²) in [4.78, 5) is 39.8. The number of aromatic nitrogens is 1. The maximum atomic E-state index is 13.8. The van der Waals surface area contributed by atoms with E-state index in [0.717, 1.165) is 11.1 Å². The third kappa shape index (κ3) is 5.39. The molecule has 1 heterocycles. The molecule has 0 bridgehead atoms. The second-order valence-corrected chi connectivity index (χ2v) is 8.44. The van der Waals surface area contributed by atoms with Crippen LogP contribution in [0.15, 0.2) is 24.3 Å². The molecule has 0 saturated heterocycles. The van der Waals surface area contributed by atoms with Crippen molar-refractivity contribution in [1.82, 2.24) is 15.4 Å². The average Bonchev–Trinajstić information content (AvgIpc) is 3.24. The first-order chi connectivity index (χ1) is 16.7. The number of amides is 2. The maximum Gasteiger partial charge on any atom is 0.426 e. The fourth-order valence-electron chi connectivity index (χ4n) is 3.04. The highest BCUT2D eigenvalue weighted by atomic mass is 19.2. The lowest BCUT2D eigenvalue weighted by Crippen LogP contribution is -2.47. The average molecular weight is 513 g/mol. The molecule has 0 aliphatic rings. The molecular formula is C23H20F5N3O5. The number of halogens is 5. The van der Waals surface area contributed by atoms with Gasteiger partial charge in [-0.15, -0.1) is 0 Å². The van der Waals surface area contributed by atoms with Crippen LogP contribution in [0.3, 0.4) is 0 Å². The van der Waals surface area contributed by atoms with Crippen LogP contribution in [0.2, 0.25) is 0 Å². The zero-order valence-electron chi connectivity index (χ0n) is 19.4. The van der Waals surface area contributed by atoms with Crippen molar-refractivity contribution in [3.8, 4) is 5.75 Å². The van der Waals surface area contributed by atoms with Gasteiger partial charge in [-0.3, -0.25) is 4.79 Å². The molecule has 2 aromatic carbocycles. The summed E-state index contributed by atoms with van der Waals surface area (Å²) in [5, 5.41) is 1.28. The first kappa shape index (κ1) is 26.4. The van der Waals surface area contributed by atoms with Gasteiger partial charge in [-0.1, -0.05) is 0 Å².